The van der Waals surface area contributed by atoms with E-state index in [1.54, 1.807) is 36.4 Å². The molecule has 3 aromatic rings. The number of hydrogen-bond donors (Lipinski definition) is 0. The van der Waals surface area contributed by atoms with Crippen LogP contribution >= 0.6 is 0 Å². The van der Waals surface area contributed by atoms with Crippen LogP contribution in [0.2, 0.25) is 0 Å². The first-order chi connectivity index (χ1) is 18.1. The summed E-state index contributed by atoms with van der Waals surface area (Å²) in [4.78, 5) is 26.8. The van der Waals surface area contributed by atoms with Crippen LogP contribution in [-0.2, 0) is 14.8 Å². The normalized spacial score (nSPS) is 18.6. The van der Waals surface area contributed by atoms with Gasteiger partial charge in [0.05, 0.1) is 10.9 Å². The van der Waals surface area contributed by atoms with E-state index in [1.165, 1.54) is 11.2 Å². The number of ketones is 2. The minimum Gasteiger partial charge on any atom is -0.300 e. The maximum atomic E-state index is 14.2. The van der Waals surface area contributed by atoms with E-state index in [0.717, 1.165) is 11.1 Å². The van der Waals surface area contributed by atoms with Crippen LogP contribution < -0.4 is 0 Å². The van der Waals surface area contributed by atoms with Gasteiger partial charge in [0, 0.05) is 30.0 Å². The average Bonchev–Trinajstić information content (AvgIpc) is 2.89. The van der Waals surface area contributed by atoms with Crippen LogP contribution in [0, 0.1) is 18.8 Å². The molecule has 0 amide bonds. The Hall–Kier alpha value is -3.35. The zero-order chi connectivity index (χ0) is 27.4. The first kappa shape index (κ1) is 27.7. The Bertz CT molecular complexity index is 1430. The lowest BCUT2D eigenvalue weighted by molar-refractivity contribution is -0.117. The summed E-state index contributed by atoms with van der Waals surface area (Å²) in [5, 5.41) is 0. The first-order valence-electron chi connectivity index (χ1n) is 13.1. The molecule has 0 aromatic heterocycles. The van der Waals surface area contributed by atoms with Gasteiger partial charge in [-0.15, -0.1) is 0 Å². The van der Waals surface area contributed by atoms with Crippen molar-refractivity contribution in [2.45, 2.75) is 51.5 Å². The Kier molecular flexibility index (Phi) is 8.44. The summed E-state index contributed by atoms with van der Waals surface area (Å²) < 4.78 is 29.9. The van der Waals surface area contributed by atoms with Crippen LogP contribution in [0.3, 0.4) is 0 Å². The highest BCUT2D eigenvalue weighted by Gasteiger charge is 2.44. The van der Waals surface area contributed by atoms with Gasteiger partial charge in [-0.2, -0.15) is 4.31 Å². The van der Waals surface area contributed by atoms with Crippen LogP contribution in [0.5, 0.6) is 0 Å². The van der Waals surface area contributed by atoms with Crippen molar-refractivity contribution < 1.29 is 18.0 Å². The second-order valence-corrected chi connectivity index (χ2v) is 12.4. The van der Waals surface area contributed by atoms with Crippen LogP contribution in [0.1, 0.15) is 55.1 Å². The molecule has 0 unspecified atom stereocenters. The first-order valence-corrected chi connectivity index (χ1v) is 14.5. The van der Waals surface area contributed by atoms with E-state index >= 15 is 0 Å². The van der Waals surface area contributed by atoms with E-state index in [-0.39, 0.29) is 35.3 Å². The number of aryl methyl sites for hydroxylation is 1. The highest BCUT2D eigenvalue weighted by Crippen LogP contribution is 2.42. The fourth-order valence-electron chi connectivity index (χ4n) is 5.30. The van der Waals surface area contributed by atoms with Gasteiger partial charge in [0.2, 0.25) is 10.0 Å². The molecule has 1 aliphatic heterocycles. The number of benzene rings is 3. The second kappa shape index (κ2) is 11.6. The molecule has 2 atom stereocenters. The van der Waals surface area contributed by atoms with Crippen molar-refractivity contribution in [3.8, 4) is 0 Å². The second-order valence-electron chi connectivity index (χ2n) is 10.5. The molecule has 5 nitrogen and oxygen atoms in total. The van der Waals surface area contributed by atoms with Crippen molar-refractivity contribution in [1.82, 2.24) is 4.31 Å². The summed E-state index contributed by atoms with van der Waals surface area (Å²) in [6.07, 6.45) is 0.617. The van der Waals surface area contributed by atoms with Crippen LogP contribution in [0.25, 0.3) is 5.57 Å². The molecule has 0 aliphatic carbocycles. The van der Waals surface area contributed by atoms with E-state index in [0.29, 0.717) is 23.1 Å². The molecule has 0 N–H and O–H groups in total. The van der Waals surface area contributed by atoms with Gasteiger partial charge < -0.3 is 4.79 Å². The Morgan fingerprint density at radius 2 is 1.47 bits per heavy atom. The fourth-order valence-corrected chi connectivity index (χ4v) is 6.96. The number of hydrogen-bond acceptors (Lipinski definition) is 4. The lowest BCUT2D eigenvalue weighted by Gasteiger charge is -2.42. The standard InChI is InChI=1S/C32H35NO4S/c1-22(2)19-29-30(25-11-7-5-8-12-25)31(32(35)26-13-9-6-10-14-26)27(20-24(4)34)21-33(29)38(36,37)28-17-15-23(3)16-18-28/h5-18,22,27,29H,19-21H2,1-4H3/t27-,29-/m0/s1. The van der Waals surface area contributed by atoms with Gasteiger partial charge in [-0.3, -0.25) is 4.79 Å². The Labute approximate surface area is 226 Å². The van der Waals surface area contributed by atoms with Crippen LogP contribution in [-0.4, -0.2) is 36.9 Å². The summed E-state index contributed by atoms with van der Waals surface area (Å²) in [7, 11) is -3.92. The van der Waals surface area contributed by atoms with Gasteiger partial charge >= 0.3 is 0 Å². The summed E-state index contributed by atoms with van der Waals surface area (Å²) in [6, 6.07) is 24.9. The van der Waals surface area contributed by atoms with E-state index < -0.39 is 22.0 Å². The third-order valence-electron chi connectivity index (χ3n) is 7.00. The van der Waals surface area contributed by atoms with Crippen molar-refractivity contribution in [3.63, 3.8) is 0 Å². The molecular formula is C32H35NO4S. The molecule has 1 aliphatic rings. The zero-order valence-corrected chi connectivity index (χ0v) is 23.2. The Morgan fingerprint density at radius 3 is 2.03 bits per heavy atom. The third-order valence-corrected chi connectivity index (χ3v) is 8.89. The van der Waals surface area contributed by atoms with Gasteiger partial charge in [0.25, 0.3) is 0 Å². The topological polar surface area (TPSA) is 71.5 Å². The molecule has 0 bridgehead atoms. The number of rotatable bonds is 9. The molecule has 198 valence electrons. The van der Waals surface area contributed by atoms with E-state index in [2.05, 4.69) is 13.8 Å². The predicted octanol–water partition coefficient (Wildman–Crippen LogP) is 6.35. The molecule has 6 heteroatoms. The highest BCUT2D eigenvalue weighted by atomic mass is 32.2. The maximum Gasteiger partial charge on any atom is 0.243 e. The Balaban J connectivity index is 2.01. The van der Waals surface area contributed by atoms with Crippen molar-refractivity contribution >= 4 is 27.2 Å². The number of carbonyl (C=O) groups is 2. The number of Topliss-reactive ketones (excluding diaryl/α,β-unsaturated/α-hetero) is 2. The Morgan fingerprint density at radius 1 is 0.895 bits per heavy atom. The maximum absolute atomic E-state index is 14.2. The van der Waals surface area contributed by atoms with Gasteiger partial charge in [-0.05, 0) is 49.5 Å². The lowest BCUT2D eigenvalue weighted by atomic mass is 9.76. The van der Waals surface area contributed by atoms with Crippen LogP contribution in [0.4, 0.5) is 0 Å². The van der Waals surface area contributed by atoms with Gasteiger partial charge in [0.15, 0.2) is 5.78 Å². The smallest absolute Gasteiger partial charge is 0.243 e. The molecule has 0 saturated carbocycles. The zero-order valence-electron chi connectivity index (χ0n) is 22.4. The van der Waals surface area contributed by atoms with Gasteiger partial charge in [0.1, 0.15) is 5.78 Å². The van der Waals surface area contributed by atoms with Crippen LogP contribution in [0.15, 0.2) is 95.4 Å². The molecule has 4 rings (SSSR count). The van der Waals surface area contributed by atoms with Crippen molar-refractivity contribution in [3.05, 3.63) is 107 Å². The summed E-state index contributed by atoms with van der Waals surface area (Å²) in [6.45, 7) is 7.59. The van der Waals surface area contributed by atoms with E-state index in [9.17, 15) is 18.0 Å². The quantitative estimate of drug-likeness (QED) is 0.303. The largest absolute Gasteiger partial charge is 0.300 e. The summed E-state index contributed by atoms with van der Waals surface area (Å²) >= 11 is 0. The van der Waals surface area contributed by atoms with Crippen molar-refractivity contribution in [2.24, 2.45) is 11.8 Å². The lowest BCUT2D eigenvalue weighted by Crippen LogP contribution is -2.49. The van der Waals surface area contributed by atoms with Crippen molar-refractivity contribution in [1.29, 1.82) is 0 Å². The molecule has 0 radical (unpaired) electrons. The van der Waals surface area contributed by atoms with E-state index in [1.807, 2.05) is 55.5 Å². The molecule has 0 saturated heterocycles. The van der Waals surface area contributed by atoms with Crippen molar-refractivity contribution in [2.75, 3.05) is 6.54 Å². The van der Waals surface area contributed by atoms with Gasteiger partial charge in [-0.1, -0.05) is 92.2 Å². The number of sulfonamides is 1. The monoisotopic (exact) mass is 529 g/mol. The molecule has 0 spiro atoms. The molecule has 3 aromatic carbocycles. The van der Waals surface area contributed by atoms with Gasteiger partial charge in [-0.25, -0.2) is 8.42 Å². The SMILES string of the molecule is CC(=O)C[C@H]1CN(S(=O)(=O)c2ccc(C)cc2)[C@@H](CC(C)C)C(c2ccccc2)=C1C(=O)c1ccccc1. The highest BCUT2D eigenvalue weighted by molar-refractivity contribution is 7.89. The van der Waals surface area contributed by atoms with E-state index in [4.69, 9.17) is 0 Å². The molecule has 38 heavy (non-hydrogen) atoms. The third kappa shape index (κ3) is 5.87. The minimum absolute atomic E-state index is 0.0669. The molecule has 1 heterocycles. The summed E-state index contributed by atoms with van der Waals surface area (Å²) in [5.74, 6) is -0.654. The molecular weight excluding hydrogens is 494 g/mol. The predicted molar refractivity (Wildman–Crippen MR) is 151 cm³/mol. The molecule has 0 fully saturated rings. The fraction of sp³-hybridized carbons (Fsp3) is 0.312. The minimum atomic E-state index is -3.92. The average molecular weight is 530 g/mol. The number of nitrogens with zero attached hydrogens (tertiary/aromatic N) is 1. The summed E-state index contributed by atoms with van der Waals surface area (Å²) in [5.41, 5.74) is 3.54. The number of carbonyl (C=O) groups excluding carboxylic acids is 2.